The highest BCUT2D eigenvalue weighted by atomic mass is 35.5. The van der Waals surface area contributed by atoms with Gasteiger partial charge in [-0.25, -0.2) is 0 Å². The number of anilines is 1. The molecule has 0 aliphatic heterocycles. The molecule has 2 N–H and O–H groups in total. The van der Waals surface area contributed by atoms with E-state index in [1.165, 1.54) is 5.56 Å². The van der Waals surface area contributed by atoms with Gasteiger partial charge in [-0.2, -0.15) is 0 Å². The first-order chi connectivity index (χ1) is 8.70. The number of rotatable bonds is 4. The summed E-state index contributed by atoms with van der Waals surface area (Å²) in [6.07, 6.45) is 0.992. The van der Waals surface area contributed by atoms with E-state index in [4.69, 9.17) is 22.1 Å². The normalized spacial score (nSPS) is 10.3. The predicted octanol–water partition coefficient (Wildman–Crippen LogP) is 4.06. The van der Waals surface area contributed by atoms with Crippen LogP contribution in [0.1, 0.15) is 18.1 Å². The van der Waals surface area contributed by atoms with Crippen LogP contribution in [0.15, 0.2) is 42.5 Å². The third-order valence-electron chi connectivity index (χ3n) is 2.84. The molecule has 0 radical (unpaired) electrons. The van der Waals surface area contributed by atoms with E-state index in [0.717, 1.165) is 17.7 Å². The van der Waals surface area contributed by atoms with Crippen LogP contribution in [0.2, 0.25) is 5.02 Å². The summed E-state index contributed by atoms with van der Waals surface area (Å²) >= 11 is 6.09. The van der Waals surface area contributed by atoms with Gasteiger partial charge < -0.3 is 10.5 Å². The number of benzene rings is 2. The SMILES string of the molecule is CCc1cccc(OCc2c(N)cccc2Cl)c1. The summed E-state index contributed by atoms with van der Waals surface area (Å²) in [6.45, 7) is 2.50. The van der Waals surface area contributed by atoms with Crippen molar-refractivity contribution < 1.29 is 4.74 Å². The first kappa shape index (κ1) is 12.8. The Labute approximate surface area is 112 Å². The number of nitrogens with two attached hydrogens (primary N) is 1. The van der Waals surface area contributed by atoms with Crippen molar-refractivity contribution in [2.45, 2.75) is 20.0 Å². The summed E-state index contributed by atoms with van der Waals surface area (Å²) in [4.78, 5) is 0. The predicted molar refractivity (Wildman–Crippen MR) is 76.0 cm³/mol. The number of hydrogen-bond donors (Lipinski definition) is 1. The molecule has 0 spiro atoms. The average Bonchev–Trinajstić information content (AvgIpc) is 2.38. The lowest BCUT2D eigenvalue weighted by Crippen LogP contribution is -2.01. The van der Waals surface area contributed by atoms with Crippen LogP contribution in [0.5, 0.6) is 5.75 Å². The molecule has 94 valence electrons. The summed E-state index contributed by atoms with van der Waals surface area (Å²) < 4.78 is 5.73. The van der Waals surface area contributed by atoms with Crippen molar-refractivity contribution in [2.75, 3.05) is 5.73 Å². The monoisotopic (exact) mass is 261 g/mol. The zero-order valence-corrected chi connectivity index (χ0v) is 11.1. The van der Waals surface area contributed by atoms with E-state index in [-0.39, 0.29) is 0 Å². The first-order valence-electron chi connectivity index (χ1n) is 5.95. The molecule has 0 aliphatic rings. The van der Waals surface area contributed by atoms with E-state index in [9.17, 15) is 0 Å². The van der Waals surface area contributed by atoms with E-state index in [1.807, 2.05) is 36.4 Å². The minimum absolute atomic E-state index is 0.388. The molecule has 0 unspecified atom stereocenters. The number of aryl methyl sites for hydroxylation is 1. The number of ether oxygens (including phenoxy) is 1. The van der Waals surface area contributed by atoms with Crippen molar-refractivity contribution in [1.29, 1.82) is 0 Å². The van der Waals surface area contributed by atoms with E-state index in [2.05, 4.69) is 13.0 Å². The molecule has 0 fully saturated rings. The molecule has 3 heteroatoms. The molecule has 0 amide bonds. The van der Waals surface area contributed by atoms with Gasteiger partial charge >= 0.3 is 0 Å². The molecule has 0 saturated heterocycles. The molecule has 0 aliphatic carbocycles. The molecular formula is C15H16ClNO. The lowest BCUT2D eigenvalue weighted by molar-refractivity contribution is 0.306. The quantitative estimate of drug-likeness (QED) is 0.843. The minimum Gasteiger partial charge on any atom is -0.489 e. The molecule has 0 bridgehead atoms. The average molecular weight is 262 g/mol. The second-order valence-electron chi connectivity index (χ2n) is 4.10. The minimum atomic E-state index is 0.388. The molecule has 0 saturated carbocycles. The highest BCUT2D eigenvalue weighted by Gasteiger charge is 2.05. The summed E-state index contributed by atoms with van der Waals surface area (Å²) in [5, 5.41) is 0.640. The topological polar surface area (TPSA) is 35.2 Å². The van der Waals surface area contributed by atoms with Crippen LogP contribution in [0.4, 0.5) is 5.69 Å². The maximum Gasteiger partial charge on any atom is 0.120 e. The van der Waals surface area contributed by atoms with Gasteiger partial charge in [0.2, 0.25) is 0 Å². The van der Waals surface area contributed by atoms with Gasteiger partial charge in [-0.3, -0.25) is 0 Å². The second-order valence-corrected chi connectivity index (χ2v) is 4.50. The van der Waals surface area contributed by atoms with Crippen LogP contribution in [-0.4, -0.2) is 0 Å². The van der Waals surface area contributed by atoms with E-state index in [0.29, 0.717) is 17.3 Å². The molecule has 18 heavy (non-hydrogen) atoms. The third-order valence-corrected chi connectivity index (χ3v) is 3.20. The highest BCUT2D eigenvalue weighted by Crippen LogP contribution is 2.24. The lowest BCUT2D eigenvalue weighted by atomic mass is 10.1. The van der Waals surface area contributed by atoms with Crippen molar-refractivity contribution in [2.24, 2.45) is 0 Å². The zero-order chi connectivity index (χ0) is 13.0. The molecule has 2 nitrogen and oxygen atoms in total. The fourth-order valence-corrected chi connectivity index (χ4v) is 1.97. The van der Waals surface area contributed by atoms with Gasteiger partial charge in [0.1, 0.15) is 12.4 Å². The van der Waals surface area contributed by atoms with Crippen LogP contribution in [0.3, 0.4) is 0 Å². The fourth-order valence-electron chi connectivity index (χ4n) is 1.74. The third kappa shape index (κ3) is 2.96. The Balaban J connectivity index is 2.11. The van der Waals surface area contributed by atoms with Gasteiger partial charge in [0, 0.05) is 16.3 Å². The Hall–Kier alpha value is -1.67. The first-order valence-corrected chi connectivity index (χ1v) is 6.33. The van der Waals surface area contributed by atoms with Crippen molar-refractivity contribution in [3.8, 4) is 5.75 Å². The van der Waals surface area contributed by atoms with E-state index in [1.54, 1.807) is 0 Å². The van der Waals surface area contributed by atoms with Gasteiger partial charge in [-0.1, -0.05) is 36.7 Å². The van der Waals surface area contributed by atoms with Gasteiger partial charge in [0.25, 0.3) is 0 Å². The van der Waals surface area contributed by atoms with Crippen LogP contribution in [-0.2, 0) is 13.0 Å². The smallest absolute Gasteiger partial charge is 0.120 e. The van der Waals surface area contributed by atoms with Gasteiger partial charge in [0.15, 0.2) is 0 Å². The summed E-state index contributed by atoms with van der Waals surface area (Å²) in [7, 11) is 0. The second kappa shape index (κ2) is 5.78. The van der Waals surface area contributed by atoms with Crippen molar-refractivity contribution in [3.63, 3.8) is 0 Å². The Bertz CT molecular complexity index is 520. The summed E-state index contributed by atoms with van der Waals surface area (Å²) in [6, 6.07) is 13.5. The van der Waals surface area contributed by atoms with Gasteiger partial charge in [-0.05, 0) is 36.2 Å². The van der Waals surface area contributed by atoms with E-state index < -0.39 is 0 Å². The van der Waals surface area contributed by atoms with Gasteiger partial charge in [-0.15, -0.1) is 0 Å². The number of halogens is 1. The van der Waals surface area contributed by atoms with Crippen LogP contribution in [0.25, 0.3) is 0 Å². The van der Waals surface area contributed by atoms with E-state index >= 15 is 0 Å². The molecule has 2 rings (SSSR count). The standard InChI is InChI=1S/C15H16ClNO/c1-2-11-5-3-6-12(9-11)18-10-13-14(16)7-4-8-15(13)17/h3-9H,2,10,17H2,1H3. The zero-order valence-electron chi connectivity index (χ0n) is 10.3. The van der Waals surface area contributed by atoms with Crippen molar-refractivity contribution in [3.05, 3.63) is 58.6 Å². The number of hydrogen-bond acceptors (Lipinski definition) is 2. The Morgan fingerprint density at radius 3 is 2.67 bits per heavy atom. The Morgan fingerprint density at radius 1 is 1.17 bits per heavy atom. The molecule has 0 heterocycles. The maximum atomic E-state index is 6.09. The lowest BCUT2D eigenvalue weighted by Gasteiger charge is -2.10. The highest BCUT2D eigenvalue weighted by molar-refractivity contribution is 6.31. The Morgan fingerprint density at radius 2 is 1.94 bits per heavy atom. The van der Waals surface area contributed by atoms with Crippen LogP contribution >= 0.6 is 11.6 Å². The largest absolute Gasteiger partial charge is 0.489 e. The maximum absolute atomic E-state index is 6.09. The summed E-state index contributed by atoms with van der Waals surface area (Å²) in [5.41, 5.74) is 8.62. The molecule has 2 aromatic carbocycles. The molecule has 2 aromatic rings. The molecular weight excluding hydrogens is 246 g/mol. The van der Waals surface area contributed by atoms with Crippen molar-refractivity contribution in [1.82, 2.24) is 0 Å². The van der Waals surface area contributed by atoms with Gasteiger partial charge in [0.05, 0.1) is 0 Å². The Kier molecular flexibility index (Phi) is 4.11. The van der Waals surface area contributed by atoms with Crippen LogP contribution < -0.4 is 10.5 Å². The molecule has 0 aromatic heterocycles. The fraction of sp³-hybridized carbons (Fsp3) is 0.200. The summed E-state index contributed by atoms with van der Waals surface area (Å²) in [5.74, 6) is 0.841. The van der Waals surface area contributed by atoms with Crippen LogP contribution in [0, 0.1) is 0 Å². The molecule has 0 atom stereocenters. The number of nitrogen functional groups attached to an aromatic ring is 1. The van der Waals surface area contributed by atoms with Crippen molar-refractivity contribution >= 4 is 17.3 Å².